The summed E-state index contributed by atoms with van der Waals surface area (Å²) in [6, 6.07) is 1.68. The number of likely N-dealkylation sites (tertiary alicyclic amines) is 1. The Bertz CT molecular complexity index is 843. The summed E-state index contributed by atoms with van der Waals surface area (Å²) in [5.74, 6) is -3.01. The zero-order chi connectivity index (χ0) is 24.0. The van der Waals surface area contributed by atoms with Gasteiger partial charge in [-0.25, -0.2) is 4.79 Å². The zero-order valence-electron chi connectivity index (χ0n) is 18.0. The third-order valence-electron chi connectivity index (χ3n) is 5.38. The number of carbonyl (C=O) groups excluding carboxylic acids is 3. The molecular formula is C21H30N4O7. The van der Waals surface area contributed by atoms with Crippen LogP contribution in [0.4, 0.5) is 0 Å². The van der Waals surface area contributed by atoms with Gasteiger partial charge in [-0.2, -0.15) is 0 Å². The van der Waals surface area contributed by atoms with Crippen molar-refractivity contribution in [3.05, 3.63) is 29.8 Å². The van der Waals surface area contributed by atoms with E-state index in [1.54, 1.807) is 12.1 Å². The van der Waals surface area contributed by atoms with Crippen molar-refractivity contribution in [2.24, 2.45) is 5.73 Å². The molecule has 11 heteroatoms. The minimum atomic E-state index is -1.26. The van der Waals surface area contributed by atoms with Gasteiger partial charge in [-0.15, -0.1) is 0 Å². The Kier molecular flexibility index (Phi) is 8.56. The summed E-state index contributed by atoms with van der Waals surface area (Å²) in [6.07, 6.45) is -0.207. The Morgan fingerprint density at radius 2 is 1.75 bits per heavy atom. The van der Waals surface area contributed by atoms with E-state index in [1.807, 2.05) is 0 Å². The number of nitrogens with two attached hydrogens (primary N) is 1. The van der Waals surface area contributed by atoms with Crippen LogP contribution in [0.2, 0.25) is 0 Å². The maximum Gasteiger partial charge on any atom is 0.326 e. The molecule has 0 spiro atoms. The topological polar surface area (TPSA) is 182 Å². The largest absolute Gasteiger partial charge is 0.508 e. The molecule has 1 saturated heterocycles. The molecule has 3 amide bonds. The van der Waals surface area contributed by atoms with Crippen LogP contribution in [0.1, 0.15) is 32.3 Å². The number of aliphatic hydroxyl groups excluding tert-OH is 1. The maximum absolute atomic E-state index is 12.9. The SMILES string of the molecule is CC(NC(=O)C(Cc1ccc(O)cc1)NC(=O)C(N)C(C)O)C(=O)N1CCCC1C(=O)O. The molecule has 32 heavy (non-hydrogen) atoms. The number of rotatable bonds is 9. The van der Waals surface area contributed by atoms with Gasteiger partial charge in [-0.3, -0.25) is 14.4 Å². The highest BCUT2D eigenvalue weighted by Crippen LogP contribution is 2.18. The van der Waals surface area contributed by atoms with Gasteiger partial charge in [0.15, 0.2) is 0 Å². The number of phenols is 1. The average Bonchev–Trinajstić information content (AvgIpc) is 3.23. The van der Waals surface area contributed by atoms with Crippen molar-refractivity contribution in [2.75, 3.05) is 6.54 Å². The van der Waals surface area contributed by atoms with Crippen molar-refractivity contribution >= 4 is 23.7 Å². The van der Waals surface area contributed by atoms with Crippen LogP contribution >= 0.6 is 0 Å². The summed E-state index contributed by atoms with van der Waals surface area (Å²) in [6.45, 7) is 3.07. The zero-order valence-corrected chi connectivity index (χ0v) is 18.0. The summed E-state index contributed by atoms with van der Waals surface area (Å²) in [5.41, 5.74) is 6.28. The van der Waals surface area contributed by atoms with Gasteiger partial charge in [0.1, 0.15) is 29.9 Å². The van der Waals surface area contributed by atoms with Crippen LogP contribution in [-0.2, 0) is 25.6 Å². The summed E-state index contributed by atoms with van der Waals surface area (Å²) >= 11 is 0. The summed E-state index contributed by atoms with van der Waals surface area (Å²) in [4.78, 5) is 50.6. The monoisotopic (exact) mass is 450 g/mol. The van der Waals surface area contributed by atoms with Gasteiger partial charge >= 0.3 is 5.97 Å². The van der Waals surface area contributed by atoms with Gasteiger partial charge in [0.25, 0.3) is 0 Å². The molecule has 7 N–H and O–H groups in total. The number of phenolic OH excluding ortho intramolecular Hbond substituents is 1. The van der Waals surface area contributed by atoms with Gasteiger partial charge in [0, 0.05) is 13.0 Å². The maximum atomic E-state index is 12.9. The number of amides is 3. The average molecular weight is 450 g/mol. The first-order valence-electron chi connectivity index (χ1n) is 10.4. The molecule has 0 saturated carbocycles. The molecule has 1 heterocycles. The molecular weight excluding hydrogens is 420 g/mol. The molecule has 11 nitrogen and oxygen atoms in total. The second kappa shape index (κ2) is 10.9. The molecule has 5 unspecified atom stereocenters. The van der Waals surface area contributed by atoms with Crippen molar-refractivity contribution in [3.63, 3.8) is 0 Å². The van der Waals surface area contributed by atoms with Crippen LogP contribution in [0.3, 0.4) is 0 Å². The van der Waals surface area contributed by atoms with E-state index in [-0.39, 0.29) is 18.7 Å². The van der Waals surface area contributed by atoms with Gasteiger partial charge in [-0.05, 0) is 44.4 Å². The molecule has 1 aromatic rings. The molecule has 0 radical (unpaired) electrons. The van der Waals surface area contributed by atoms with Crippen LogP contribution in [-0.4, -0.2) is 80.7 Å². The Labute approximate surface area is 185 Å². The number of nitrogens with one attached hydrogen (secondary N) is 2. The number of aliphatic hydroxyl groups is 1. The first-order chi connectivity index (χ1) is 15.0. The van der Waals surface area contributed by atoms with E-state index in [9.17, 15) is 34.5 Å². The van der Waals surface area contributed by atoms with Gasteiger partial charge in [0.2, 0.25) is 17.7 Å². The fraction of sp³-hybridized carbons (Fsp3) is 0.524. The normalized spacial score (nSPS) is 19.5. The Hall–Kier alpha value is -3.18. The second-order valence-corrected chi connectivity index (χ2v) is 7.96. The van der Waals surface area contributed by atoms with Gasteiger partial charge in [0.05, 0.1) is 6.10 Å². The number of benzene rings is 1. The van der Waals surface area contributed by atoms with Gasteiger partial charge in [-0.1, -0.05) is 12.1 Å². The predicted molar refractivity (Wildman–Crippen MR) is 113 cm³/mol. The summed E-state index contributed by atoms with van der Waals surface area (Å²) < 4.78 is 0. The van der Waals surface area contributed by atoms with Crippen molar-refractivity contribution in [3.8, 4) is 5.75 Å². The number of aromatic hydroxyl groups is 1. The molecule has 1 aliphatic rings. The minimum absolute atomic E-state index is 0.0345. The Balaban J connectivity index is 2.13. The molecule has 176 valence electrons. The lowest BCUT2D eigenvalue weighted by Crippen LogP contribution is -2.58. The molecule has 2 rings (SSSR count). The quantitative estimate of drug-likeness (QED) is 0.268. The van der Waals surface area contributed by atoms with E-state index in [2.05, 4.69) is 10.6 Å². The van der Waals surface area contributed by atoms with Crippen molar-refractivity contribution < 1.29 is 34.5 Å². The predicted octanol–water partition coefficient (Wildman–Crippen LogP) is -1.29. The fourth-order valence-electron chi connectivity index (χ4n) is 3.48. The van der Waals surface area contributed by atoms with Crippen LogP contribution < -0.4 is 16.4 Å². The molecule has 1 aliphatic heterocycles. The lowest BCUT2D eigenvalue weighted by molar-refractivity contribution is -0.149. The third-order valence-corrected chi connectivity index (χ3v) is 5.38. The smallest absolute Gasteiger partial charge is 0.326 e. The van der Waals surface area contributed by atoms with E-state index in [4.69, 9.17) is 5.73 Å². The molecule has 0 aliphatic carbocycles. The van der Waals surface area contributed by atoms with Gasteiger partial charge < -0.3 is 36.6 Å². The second-order valence-electron chi connectivity index (χ2n) is 7.96. The van der Waals surface area contributed by atoms with E-state index in [0.717, 1.165) is 0 Å². The van der Waals surface area contributed by atoms with E-state index >= 15 is 0 Å². The molecule has 1 fully saturated rings. The lowest BCUT2D eigenvalue weighted by atomic mass is 10.0. The van der Waals surface area contributed by atoms with E-state index in [0.29, 0.717) is 18.4 Å². The highest BCUT2D eigenvalue weighted by Gasteiger charge is 2.37. The number of carboxylic acids is 1. The number of carboxylic acid groups (broad SMARTS) is 1. The lowest BCUT2D eigenvalue weighted by Gasteiger charge is -2.27. The Morgan fingerprint density at radius 3 is 2.31 bits per heavy atom. The van der Waals surface area contributed by atoms with Crippen LogP contribution in [0.15, 0.2) is 24.3 Å². The first kappa shape index (κ1) is 25.1. The van der Waals surface area contributed by atoms with E-state index in [1.165, 1.54) is 30.9 Å². The number of carbonyl (C=O) groups is 4. The number of hydrogen-bond donors (Lipinski definition) is 6. The van der Waals surface area contributed by atoms with Crippen LogP contribution in [0.25, 0.3) is 0 Å². The minimum Gasteiger partial charge on any atom is -0.508 e. The standard InChI is InChI=1S/C21H30N4O7/c1-11(20(30)25-9-3-4-16(25)21(31)32)23-18(28)15(24-19(29)17(22)12(2)26)10-13-5-7-14(27)8-6-13/h5-8,11-12,15-17,26-27H,3-4,9-10,22H2,1-2H3,(H,23,28)(H,24,29)(H,31,32). The fourth-order valence-corrected chi connectivity index (χ4v) is 3.48. The van der Waals surface area contributed by atoms with E-state index < -0.39 is 54.0 Å². The number of aliphatic carboxylic acids is 1. The van der Waals surface area contributed by atoms with Crippen LogP contribution in [0, 0.1) is 0 Å². The molecule has 5 atom stereocenters. The highest BCUT2D eigenvalue weighted by molar-refractivity contribution is 5.94. The molecule has 0 aromatic heterocycles. The number of nitrogens with zero attached hydrogens (tertiary/aromatic N) is 1. The first-order valence-corrected chi connectivity index (χ1v) is 10.4. The van der Waals surface area contributed by atoms with Crippen molar-refractivity contribution in [2.45, 2.75) is 63.4 Å². The molecule has 1 aromatic carbocycles. The molecule has 0 bridgehead atoms. The Morgan fingerprint density at radius 1 is 1.12 bits per heavy atom. The summed E-state index contributed by atoms with van der Waals surface area (Å²) in [5, 5.41) is 33.3. The number of hydrogen-bond acceptors (Lipinski definition) is 7. The van der Waals surface area contributed by atoms with Crippen LogP contribution in [0.5, 0.6) is 5.75 Å². The van der Waals surface area contributed by atoms with Crippen molar-refractivity contribution in [1.29, 1.82) is 0 Å². The third kappa shape index (κ3) is 6.41. The summed E-state index contributed by atoms with van der Waals surface area (Å²) in [7, 11) is 0. The highest BCUT2D eigenvalue weighted by atomic mass is 16.4. The van der Waals surface area contributed by atoms with Crippen molar-refractivity contribution in [1.82, 2.24) is 15.5 Å².